The van der Waals surface area contributed by atoms with E-state index in [1.54, 1.807) is 28.2 Å². The van der Waals surface area contributed by atoms with Crippen molar-refractivity contribution in [1.82, 2.24) is 30.0 Å². The molecule has 2 aliphatic rings. The van der Waals surface area contributed by atoms with Crippen LogP contribution in [0.5, 0.6) is 0 Å². The Hall–Kier alpha value is -5.02. The quantitative estimate of drug-likeness (QED) is 0.304. The molecule has 3 aromatic heterocycles. The molecular formula is C32H36N10O2. The van der Waals surface area contributed by atoms with Gasteiger partial charge in [0.2, 0.25) is 5.95 Å². The van der Waals surface area contributed by atoms with Gasteiger partial charge in [0.05, 0.1) is 19.0 Å². The summed E-state index contributed by atoms with van der Waals surface area (Å²) in [4.78, 5) is 31.3. The van der Waals surface area contributed by atoms with Crippen LogP contribution >= 0.6 is 0 Å². The fraction of sp³-hybridized carbons (Fsp3) is 0.375. The lowest BCUT2D eigenvalue weighted by Crippen LogP contribution is -2.49. The summed E-state index contributed by atoms with van der Waals surface area (Å²) in [7, 11) is 1.88. The van der Waals surface area contributed by atoms with Crippen molar-refractivity contribution in [3.63, 3.8) is 0 Å². The number of ether oxygens (including phenoxy) is 1. The molecule has 12 nitrogen and oxygen atoms in total. The minimum Gasteiger partial charge on any atom is -0.361 e. The second-order valence-corrected chi connectivity index (χ2v) is 11.2. The van der Waals surface area contributed by atoms with E-state index in [1.807, 2.05) is 60.6 Å². The highest BCUT2D eigenvalue weighted by atomic mass is 16.5. The van der Waals surface area contributed by atoms with Crippen molar-refractivity contribution >= 4 is 23.6 Å². The van der Waals surface area contributed by atoms with Crippen molar-refractivity contribution < 1.29 is 9.53 Å². The molecule has 12 heteroatoms. The van der Waals surface area contributed by atoms with Crippen molar-refractivity contribution in [3.8, 4) is 17.2 Å². The molecule has 0 radical (unpaired) electrons. The fourth-order valence-corrected chi connectivity index (χ4v) is 5.77. The maximum atomic E-state index is 13.7. The van der Waals surface area contributed by atoms with E-state index in [0.717, 1.165) is 55.3 Å². The van der Waals surface area contributed by atoms with Crippen LogP contribution in [0.3, 0.4) is 0 Å². The second-order valence-electron chi connectivity index (χ2n) is 11.2. The van der Waals surface area contributed by atoms with Gasteiger partial charge in [0.1, 0.15) is 24.2 Å². The molecule has 2 amide bonds. The number of aryl methyl sites for hydroxylation is 1. The summed E-state index contributed by atoms with van der Waals surface area (Å²) < 4.78 is 7.33. The van der Waals surface area contributed by atoms with E-state index in [1.165, 1.54) is 0 Å². The van der Waals surface area contributed by atoms with Gasteiger partial charge in [-0.15, -0.1) is 0 Å². The van der Waals surface area contributed by atoms with Gasteiger partial charge in [-0.25, -0.2) is 14.8 Å². The number of hydrogen-bond donors (Lipinski definition) is 2. The molecule has 6 rings (SSSR count). The molecule has 0 bridgehead atoms. The summed E-state index contributed by atoms with van der Waals surface area (Å²) in [5.74, 6) is 1.71. The van der Waals surface area contributed by atoms with Crippen LogP contribution in [-0.4, -0.2) is 62.7 Å². The zero-order chi connectivity index (χ0) is 30.3. The minimum atomic E-state index is -0.171. The number of rotatable bonds is 8. The Morgan fingerprint density at radius 2 is 1.91 bits per heavy atom. The molecule has 0 atom stereocenters. The third-order valence-corrected chi connectivity index (χ3v) is 8.09. The summed E-state index contributed by atoms with van der Waals surface area (Å²) in [5, 5.41) is 20.4. The van der Waals surface area contributed by atoms with E-state index in [0.29, 0.717) is 43.0 Å². The summed E-state index contributed by atoms with van der Waals surface area (Å²) >= 11 is 0. The molecule has 1 aliphatic heterocycles. The standard InChI is InChI=1S/C32H36N10O2/c1-40-21-26(20-37-40)24-8-13-29(34-18-24)42(32(43)36-17-23-6-3-2-4-7-23)28-11-9-27(10-12-28)38-31-35-19-25(16-33)30(39-31)41-14-5-15-44-22-41/h2-4,6-8,13,18-21,27-28H,5,9-12,14-15,17,22H2,1H3,(H,36,43)(H,35,38,39). The average molecular weight is 593 g/mol. The van der Waals surface area contributed by atoms with Crippen LogP contribution in [0.25, 0.3) is 11.1 Å². The van der Waals surface area contributed by atoms with Gasteiger partial charge in [0, 0.05) is 55.7 Å². The van der Waals surface area contributed by atoms with Crippen LogP contribution < -0.4 is 20.4 Å². The van der Waals surface area contributed by atoms with Gasteiger partial charge in [0.25, 0.3) is 0 Å². The highest BCUT2D eigenvalue weighted by molar-refractivity contribution is 5.91. The Morgan fingerprint density at radius 1 is 1.07 bits per heavy atom. The first-order valence-electron chi connectivity index (χ1n) is 15.0. The Morgan fingerprint density at radius 3 is 2.59 bits per heavy atom. The normalized spacial score (nSPS) is 18.3. The lowest BCUT2D eigenvalue weighted by Gasteiger charge is -2.36. The first kappa shape index (κ1) is 29.1. The SMILES string of the molecule is Cn1cc(-c2ccc(N(C(=O)NCc3ccccc3)C3CCC(Nc4ncc(C#N)c(N5CCCOC5)n4)CC3)nc2)cn1. The lowest BCUT2D eigenvalue weighted by atomic mass is 9.90. The number of nitrogens with one attached hydrogen (secondary N) is 2. The van der Waals surface area contributed by atoms with Crippen LogP contribution in [0.1, 0.15) is 43.2 Å². The molecule has 4 heterocycles. The monoisotopic (exact) mass is 592 g/mol. The molecule has 1 saturated heterocycles. The first-order valence-corrected chi connectivity index (χ1v) is 15.0. The van der Waals surface area contributed by atoms with E-state index in [4.69, 9.17) is 9.72 Å². The zero-order valence-electron chi connectivity index (χ0n) is 24.8. The number of carbonyl (C=O) groups excluding carboxylic acids is 1. The second kappa shape index (κ2) is 13.5. The maximum absolute atomic E-state index is 13.7. The highest BCUT2D eigenvalue weighted by Gasteiger charge is 2.31. The number of pyridine rings is 1. The molecule has 226 valence electrons. The third kappa shape index (κ3) is 6.79. The first-order chi connectivity index (χ1) is 21.6. The number of hydrogen-bond acceptors (Lipinski definition) is 9. The van der Waals surface area contributed by atoms with Crippen LogP contribution in [0.4, 0.5) is 22.4 Å². The highest BCUT2D eigenvalue weighted by Crippen LogP contribution is 2.30. The number of amides is 2. The van der Waals surface area contributed by atoms with E-state index in [9.17, 15) is 10.1 Å². The maximum Gasteiger partial charge on any atom is 0.323 e. The molecule has 44 heavy (non-hydrogen) atoms. The third-order valence-electron chi connectivity index (χ3n) is 8.09. The summed E-state index contributed by atoms with van der Waals surface area (Å²) in [6, 6.07) is 15.9. The van der Waals surface area contributed by atoms with Crippen LogP contribution in [-0.2, 0) is 18.3 Å². The Balaban J connectivity index is 1.15. The summed E-state index contributed by atoms with van der Waals surface area (Å²) in [5.41, 5.74) is 3.38. The van der Waals surface area contributed by atoms with Crippen LogP contribution in [0.2, 0.25) is 0 Å². The average Bonchev–Trinajstić information content (AvgIpc) is 3.52. The molecule has 0 spiro atoms. The van der Waals surface area contributed by atoms with E-state index >= 15 is 0 Å². The molecule has 2 fully saturated rings. The van der Waals surface area contributed by atoms with Crippen LogP contribution in [0, 0.1) is 11.3 Å². The van der Waals surface area contributed by atoms with Gasteiger partial charge in [-0.05, 0) is 49.8 Å². The van der Waals surface area contributed by atoms with E-state index in [-0.39, 0.29) is 18.1 Å². The number of nitrogens with zero attached hydrogens (tertiary/aromatic N) is 8. The molecule has 4 aromatic rings. The van der Waals surface area contributed by atoms with Crippen molar-refractivity contribution in [2.75, 3.05) is 35.0 Å². The van der Waals surface area contributed by atoms with E-state index < -0.39 is 0 Å². The molecule has 1 aliphatic carbocycles. The van der Waals surface area contributed by atoms with Gasteiger partial charge in [-0.3, -0.25) is 9.58 Å². The Bertz CT molecular complexity index is 1590. The molecule has 2 N–H and O–H groups in total. The van der Waals surface area contributed by atoms with Gasteiger partial charge >= 0.3 is 6.03 Å². The van der Waals surface area contributed by atoms with Crippen molar-refractivity contribution in [3.05, 3.63) is 78.4 Å². The predicted molar refractivity (Wildman–Crippen MR) is 167 cm³/mol. The molecule has 0 unspecified atom stereocenters. The van der Waals surface area contributed by atoms with Gasteiger partial charge < -0.3 is 20.3 Å². The number of benzene rings is 1. The Kier molecular flexibility index (Phi) is 8.93. The molecule has 1 aromatic carbocycles. The Labute approximate surface area is 256 Å². The largest absolute Gasteiger partial charge is 0.361 e. The molecular weight excluding hydrogens is 556 g/mol. The summed E-state index contributed by atoms with van der Waals surface area (Å²) in [6.45, 7) is 2.34. The number of nitriles is 1. The lowest BCUT2D eigenvalue weighted by molar-refractivity contribution is 0.106. The number of aromatic nitrogens is 5. The summed E-state index contributed by atoms with van der Waals surface area (Å²) in [6.07, 6.45) is 11.2. The molecule has 1 saturated carbocycles. The van der Waals surface area contributed by atoms with Gasteiger partial charge in [-0.2, -0.15) is 15.3 Å². The van der Waals surface area contributed by atoms with Crippen molar-refractivity contribution in [2.24, 2.45) is 7.05 Å². The van der Waals surface area contributed by atoms with E-state index in [2.05, 4.69) is 31.8 Å². The van der Waals surface area contributed by atoms with Gasteiger partial charge in [0.15, 0.2) is 5.82 Å². The van der Waals surface area contributed by atoms with Crippen molar-refractivity contribution in [2.45, 2.75) is 50.7 Å². The zero-order valence-corrected chi connectivity index (χ0v) is 24.8. The van der Waals surface area contributed by atoms with Crippen LogP contribution in [0.15, 0.2) is 67.3 Å². The predicted octanol–water partition coefficient (Wildman–Crippen LogP) is 4.47. The number of urea groups is 1. The number of carbonyl (C=O) groups is 1. The smallest absolute Gasteiger partial charge is 0.323 e. The number of anilines is 3. The van der Waals surface area contributed by atoms with Gasteiger partial charge in [-0.1, -0.05) is 30.3 Å². The fourth-order valence-electron chi connectivity index (χ4n) is 5.77. The topological polar surface area (TPSA) is 137 Å². The minimum absolute atomic E-state index is 0.0245. The van der Waals surface area contributed by atoms with Crippen molar-refractivity contribution in [1.29, 1.82) is 5.26 Å².